The average molecular weight is 407 g/mol. The molecule has 0 amide bonds. The topological polar surface area (TPSA) is 56.3 Å². The van der Waals surface area contributed by atoms with Gasteiger partial charge in [0.05, 0.1) is 11.1 Å². The first-order valence-electron chi connectivity index (χ1n) is 10.5. The maximum absolute atomic E-state index is 13.0. The van der Waals surface area contributed by atoms with Crippen molar-refractivity contribution >= 4 is 22.7 Å². The molecule has 1 aliphatic carbocycles. The van der Waals surface area contributed by atoms with Crippen molar-refractivity contribution in [3.05, 3.63) is 101 Å². The molecule has 1 aromatic heterocycles. The number of fused-ring (bicyclic) bond motifs is 2. The van der Waals surface area contributed by atoms with Crippen molar-refractivity contribution in [3.8, 4) is 11.1 Å². The van der Waals surface area contributed by atoms with Crippen LogP contribution in [0, 0.1) is 0 Å². The zero-order chi connectivity index (χ0) is 21.2. The van der Waals surface area contributed by atoms with Gasteiger partial charge >= 0.3 is 5.97 Å². The van der Waals surface area contributed by atoms with Gasteiger partial charge in [-0.25, -0.2) is 4.79 Å². The predicted octanol–water partition coefficient (Wildman–Crippen LogP) is 5.43. The van der Waals surface area contributed by atoms with Gasteiger partial charge in [0.2, 0.25) is 0 Å². The molecule has 0 saturated heterocycles. The molecule has 0 saturated carbocycles. The van der Waals surface area contributed by atoms with Gasteiger partial charge in [-0.05, 0) is 42.0 Å². The second-order valence-electron chi connectivity index (χ2n) is 7.73. The molecular weight excluding hydrogens is 386 g/mol. The van der Waals surface area contributed by atoms with Gasteiger partial charge in [-0.1, -0.05) is 72.8 Å². The number of hydrogen-bond donors (Lipinski definition) is 0. The van der Waals surface area contributed by atoms with E-state index in [1.165, 1.54) is 0 Å². The SMILES string of the molecule is O=C(COC(=O)c1c2c(nc3ccccc13)CCC2)c1ccc(-c2ccccc2)cc1. The molecule has 0 spiro atoms. The highest BCUT2D eigenvalue weighted by atomic mass is 16.5. The van der Waals surface area contributed by atoms with Gasteiger partial charge in [-0.15, -0.1) is 0 Å². The molecule has 31 heavy (non-hydrogen) atoms. The van der Waals surface area contributed by atoms with Gasteiger partial charge in [0, 0.05) is 16.6 Å². The van der Waals surface area contributed by atoms with Crippen LogP contribution in [0.15, 0.2) is 78.9 Å². The summed E-state index contributed by atoms with van der Waals surface area (Å²) in [5.41, 5.74) is 5.93. The van der Waals surface area contributed by atoms with Crippen LogP contribution in [-0.2, 0) is 17.6 Å². The molecule has 4 heteroatoms. The number of aryl methyl sites for hydroxylation is 1. The molecule has 0 unspecified atom stereocenters. The van der Waals surface area contributed by atoms with Crippen molar-refractivity contribution in [1.82, 2.24) is 4.98 Å². The van der Waals surface area contributed by atoms with E-state index in [-0.39, 0.29) is 12.4 Å². The Bertz CT molecular complexity index is 1280. The Morgan fingerprint density at radius 2 is 1.52 bits per heavy atom. The number of pyridine rings is 1. The van der Waals surface area contributed by atoms with Crippen molar-refractivity contribution in [1.29, 1.82) is 0 Å². The third-order valence-corrected chi connectivity index (χ3v) is 5.77. The van der Waals surface area contributed by atoms with Crippen LogP contribution >= 0.6 is 0 Å². The number of nitrogens with zero attached hydrogens (tertiary/aromatic N) is 1. The number of benzene rings is 3. The normalized spacial score (nSPS) is 12.5. The summed E-state index contributed by atoms with van der Waals surface area (Å²) < 4.78 is 5.48. The Morgan fingerprint density at radius 3 is 2.32 bits per heavy atom. The van der Waals surface area contributed by atoms with E-state index < -0.39 is 5.97 Å². The van der Waals surface area contributed by atoms with Crippen LogP contribution in [0.5, 0.6) is 0 Å². The first-order chi connectivity index (χ1) is 15.2. The molecular formula is C27H21NO3. The smallest absolute Gasteiger partial charge is 0.339 e. The lowest BCUT2D eigenvalue weighted by Crippen LogP contribution is -2.16. The first-order valence-corrected chi connectivity index (χ1v) is 10.5. The molecule has 0 N–H and O–H groups in total. The molecule has 0 fully saturated rings. The van der Waals surface area contributed by atoms with Gasteiger partial charge < -0.3 is 4.74 Å². The second kappa shape index (κ2) is 8.15. The minimum Gasteiger partial charge on any atom is -0.454 e. The van der Waals surface area contributed by atoms with Crippen molar-refractivity contribution in [3.63, 3.8) is 0 Å². The van der Waals surface area contributed by atoms with Crippen LogP contribution < -0.4 is 0 Å². The molecule has 1 aliphatic rings. The van der Waals surface area contributed by atoms with Crippen LogP contribution in [0.1, 0.15) is 38.4 Å². The summed E-state index contributed by atoms with van der Waals surface area (Å²) in [6.07, 6.45) is 2.66. The standard InChI is InChI=1S/C27H21NO3/c29-25(20-15-13-19(14-16-20)18-7-2-1-3-8-18)17-31-27(30)26-21-9-4-5-11-23(21)28-24-12-6-10-22(24)26/h1-5,7-9,11,13-16H,6,10,12,17H2. The average Bonchev–Trinajstić information content (AvgIpc) is 3.29. The fourth-order valence-electron chi connectivity index (χ4n) is 4.21. The van der Waals surface area contributed by atoms with Gasteiger partial charge in [0.15, 0.2) is 12.4 Å². The van der Waals surface area contributed by atoms with E-state index >= 15 is 0 Å². The summed E-state index contributed by atoms with van der Waals surface area (Å²) >= 11 is 0. The van der Waals surface area contributed by atoms with E-state index in [4.69, 9.17) is 9.72 Å². The van der Waals surface area contributed by atoms with Crippen LogP contribution in [0.2, 0.25) is 0 Å². The monoisotopic (exact) mass is 407 g/mol. The fourth-order valence-corrected chi connectivity index (χ4v) is 4.21. The molecule has 4 aromatic rings. The number of para-hydroxylation sites is 1. The van der Waals surface area contributed by atoms with Crippen molar-refractivity contribution in [2.24, 2.45) is 0 Å². The van der Waals surface area contributed by atoms with Gasteiger partial charge in [-0.2, -0.15) is 0 Å². The van der Waals surface area contributed by atoms with Crippen LogP contribution in [0.3, 0.4) is 0 Å². The Labute approximate surface area is 180 Å². The lowest BCUT2D eigenvalue weighted by Gasteiger charge is -2.12. The highest BCUT2D eigenvalue weighted by Gasteiger charge is 2.25. The number of rotatable bonds is 5. The summed E-state index contributed by atoms with van der Waals surface area (Å²) in [6, 6.07) is 24.9. The van der Waals surface area contributed by atoms with Crippen LogP contribution in [-0.4, -0.2) is 23.3 Å². The van der Waals surface area contributed by atoms with E-state index in [0.29, 0.717) is 11.1 Å². The highest BCUT2D eigenvalue weighted by Crippen LogP contribution is 2.30. The largest absolute Gasteiger partial charge is 0.454 e. The Kier molecular flexibility index (Phi) is 5.04. The molecule has 3 aromatic carbocycles. The summed E-state index contributed by atoms with van der Waals surface area (Å²) in [5.74, 6) is -0.672. The maximum Gasteiger partial charge on any atom is 0.339 e. The summed E-state index contributed by atoms with van der Waals surface area (Å²) in [6.45, 7) is -0.283. The molecule has 0 radical (unpaired) electrons. The Morgan fingerprint density at radius 1 is 0.806 bits per heavy atom. The van der Waals surface area contributed by atoms with E-state index in [9.17, 15) is 9.59 Å². The summed E-state index contributed by atoms with van der Waals surface area (Å²) in [7, 11) is 0. The lowest BCUT2D eigenvalue weighted by atomic mass is 10.0. The number of ketones is 1. The first kappa shape index (κ1) is 19.2. The van der Waals surface area contributed by atoms with Crippen molar-refractivity contribution < 1.29 is 14.3 Å². The van der Waals surface area contributed by atoms with Gasteiger partial charge in [0.25, 0.3) is 0 Å². The zero-order valence-electron chi connectivity index (χ0n) is 17.0. The second-order valence-corrected chi connectivity index (χ2v) is 7.73. The lowest BCUT2D eigenvalue weighted by molar-refractivity contribution is 0.0475. The number of carbonyl (C=O) groups excluding carboxylic acids is 2. The molecule has 5 rings (SSSR count). The Hall–Kier alpha value is -3.79. The molecule has 4 nitrogen and oxygen atoms in total. The molecule has 0 bridgehead atoms. The van der Waals surface area contributed by atoms with E-state index in [0.717, 1.165) is 52.5 Å². The van der Waals surface area contributed by atoms with Gasteiger partial charge in [0.1, 0.15) is 0 Å². The number of esters is 1. The Balaban J connectivity index is 1.34. The number of carbonyl (C=O) groups is 2. The van der Waals surface area contributed by atoms with Gasteiger partial charge in [-0.3, -0.25) is 9.78 Å². The number of ether oxygens (including phenoxy) is 1. The van der Waals surface area contributed by atoms with Crippen molar-refractivity contribution in [2.75, 3.05) is 6.61 Å². The van der Waals surface area contributed by atoms with Crippen molar-refractivity contribution in [2.45, 2.75) is 19.3 Å². The third-order valence-electron chi connectivity index (χ3n) is 5.77. The molecule has 152 valence electrons. The third kappa shape index (κ3) is 3.73. The number of Topliss-reactive ketones (excluding diaryl/α,β-unsaturated/α-hetero) is 1. The highest BCUT2D eigenvalue weighted by molar-refractivity contribution is 6.06. The molecule has 1 heterocycles. The molecule has 0 aliphatic heterocycles. The van der Waals surface area contributed by atoms with E-state index in [2.05, 4.69) is 0 Å². The van der Waals surface area contributed by atoms with E-state index in [1.807, 2.05) is 66.7 Å². The summed E-state index contributed by atoms with van der Waals surface area (Å²) in [4.78, 5) is 30.3. The minimum atomic E-state index is -0.453. The fraction of sp³-hybridized carbons (Fsp3) is 0.148. The minimum absolute atomic E-state index is 0.219. The van der Waals surface area contributed by atoms with Crippen LogP contribution in [0.4, 0.5) is 0 Å². The maximum atomic E-state index is 13.0. The predicted molar refractivity (Wildman–Crippen MR) is 120 cm³/mol. The zero-order valence-corrected chi connectivity index (χ0v) is 17.0. The molecule has 0 atom stereocenters. The quantitative estimate of drug-likeness (QED) is 0.327. The van der Waals surface area contributed by atoms with Crippen LogP contribution in [0.25, 0.3) is 22.0 Å². The number of aromatic nitrogens is 1. The van der Waals surface area contributed by atoms with E-state index in [1.54, 1.807) is 12.1 Å². The number of hydrogen-bond acceptors (Lipinski definition) is 4. The summed E-state index contributed by atoms with van der Waals surface area (Å²) in [5, 5.41) is 0.785.